The van der Waals surface area contributed by atoms with E-state index >= 15 is 0 Å². The van der Waals surface area contributed by atoms with Gasteiger partial charge in [-0.05, 0) is 36.8 Å². The van der Waals surface area contributed by atoms with E-state index in [0.717, 1.165) is 22.8 Å². The summed E-state index contributed by atoms with van der Waals surface area (Å²) in [5.74, 6) is 1.54. The Bertz CT molecular complexity index is 833. The van der Waals surface area contributed by atoms with Gasteiger partial charge in [0.2, 0.25) is 5.91 Å². The highest BCUT2D eigenvalue weighted by atomic mass is 32.2. The maximum absolute atomic E-state index is 12.2. The predicted molar refractivity (Wildman–Crippen MR) is 108 cm³/mol. The summed E-state index contributed by atoms with van der Waals surface area (Å²) in [5, 5.41) is 5.51. The Hall–Kier alpha value is -2.31. The smallest absolute Gasteiger partial charge is 0.230 e. The molecule has 0 aliphatic heterocycles. The highest BCUT2D eigenvalue weighted by molar-refractivity contribution is 7.98. The van der Waals surface area contributed by atoms with Crippen molar-refractivity contribution in [1.82, 2.24) is 4.98 Å². The SMILES string of the molecule is CCOc1ccc(CC(=O)Nc2nc(CSc3ccccc3)cs2)cc1. The summed E-state index contributed by atoms with van der Waals surface area (Å²) in [6.45, 7) is 2.58. The average molecular weight is 385 g/mol. The number of ether oxygens (including phenoxy) is 1. The summed E-state index contributed by atoms with van der Waals surface area (Å²) in [5.41, 5.74) is 1.92. The van der Waals surface area contributed by atoms with Gasteiger partial charge in [-0.3, -0.25) is 4.79 Å². The predicted octanol–water partition coefficient (Wildman–Crippen LogP) is 5.02. The van der Waals surface area contributed by atoms with Crippen molar-refractivity contribution in [2.24, 2.45) is 0 Å². The first-order valence-corrected chi connectivity index (χ1v) is 10.2. The van der Waals surface area contributed by atoms with Crippen molar-refractivity contribution in [3.8, 4) is 5.75 Å². The van der Waals surface area contributed by atoms with Gasteiger partial charge in [0.15, 0.2) is 5.13 Å². The maximum atomic E-state index is 12.2. The van der Waals surface area contributed by atoms with Crippen molar-refractivity contribution < 1.29 is 9.53 Å². The minimum Gasteiger partial charge on any atom is -0.494 e. The Kier molecular flexibility index (Phi) is 6.68. The lowest BCUT2D eigenvalue weighted by molar-refractivity contribution is -0.115. The number of carbonyl (C=O) groups is 1. The Balaban J connectivity index is 1.49. The number of hydrogen-bond acceptors (Lipinski definition) is 5. The summed E-state index contributed by atoms with van der Waals surface area (Å²) in [6.07, 6.45) is 0.320. The highest BCUT2D eigenvalue weighted by Crippen LogP contribution is 2.25. The van der Waals surface area contributed by atoms with E-state index in [1.165, 1.54) is 16.2 Å². The molecule has 2 aromatic carbocycles. The van der Waals surface area contributed by atoms with Gasteiger partial charge in [0.1, 0.15) is 5.75 Å². The van der Waals surface area contributed by atoms with E-state index in [4.69, 9.17) is 4.74 Å². The second-order valence-corrected chi connectivity index (χ2v) is 7.45. The zero-order valence-electron chi connectivity index (χ0n) is 14.5. The first-order valence-electron chi connectivity index (χ1n) is 8.37. The zero-order chi connectivity index (χ0) is 18.2. The molecule has 0 unspecified atom stereocenters. The molecule has 26 heavy (non-hydrogen) atoms. The van der Waals surface area contributed by atoms with Gasteiger partial charge >= 0.3 is 0 Å². The first kappa shape index (κ1) is 18.5. The van der Waals surface area contributed by atoms with Crippen LogP contribution < -0.4 is 10.1 Å². The average Bonchev–Trinajstić information content (AvgIpc) is 3.10. The lowest BCUT2D eigenvalue weighted by atomic mass is 10.1. The van der Waals surface area contributed by atoms with E-state index in [9.17, 15) is 4.79 Å². The van der Waals surface area contributed by atoms with Crippen molar-refractivity contribution in [2.75, 3.05) is 11.9 Å². The molecule has 1 aromatic heterocycles. The minimum absolute atomic E-state index is 0.0641. The van der Waals surface area contributed by atoms with Crippen LogP contribution in [0.3, 0.4) is 0 Å². The van der Waals surface area contributed by atoms with Crippen molar-refractivity contribution in [1.29, 1.82) is 0 Å². The van der Waals surface area contributed by atoms with E-state index in [1.807, 2.05) is 54.8 Å². The van der Waals surface area contributed by atoms with Gasteiger partial charge in [0.05, 0.1) is 18.7 Å². The molecule has 1 heterocycles. The fraction of sp³-hybridized carbons (Fsp3) is 0.200. The summed E-state index contributed by atoms with van der Waals surface area (Å²) >= 11 is 3.19. The minimum atomic E-state index is -0.0641. The molecular formula is C20H20N2O2S2. The number of nitrogens with one attached hydrogen (secondary N) is 1. The van der Waals surface area contributed by atoms with E-state index < -0.39 is 0 Å². The molecule has 0 bridgehead atoms. The largest absolute Gasteiger partial charge is 0.494 e. The van der Waals surface area contributed by atoms with Crippen LogP contribution in [-0.2, 0) is 17.0 Å². The quantitative estimate of drug-likeness (QED) is 0.554. The number of carbonyl (C=O) groups excluding carboxylic acids is 1. The lowest BCUT2D eigenvalue weighted by Crippen LogP contribution is -2.14. The van der Waals surface area contributed by atoms with Gasteiger partial charge in [-0.1, -0.05) is 30.3 Å². The fourth-order valence-electron chi connectivity index (χ4n) is 2.32. The molecule has 134 valence electrons. The van der Waals surface area contributed by atoms with Gasteiger partial charge in [-0.25, -0.2) is 4.98 Å². The van der Waals surface area contributed by atoms with Crippen LogP contribution in [0.2, 0.25) is 0 Å². The van der Waals surface area contributed by atoms with Crippen molar-refractivity contribution in [2.45, 2.75) is 24.0 Å². The molecule has 0 aliphatic carbocycles. The molecule has 4 nitrogen and oxygen atoms in total. The lowest BCUT2D eigenvalue weighted by Gasteiger charge is -2.05. The normalized spacial score (nSPS) is 10.5. The van der Waals surface area contributed by atoms with Crippen LogP contribution in [-0.4, -0.2) is 17.5 Å². The number of benzene rings is 2. The van der Waals surface area contributed by atoms with Crippen LogP contribution in [0.4, 0.5) is 5.13 Å². The van der Waals surface area contributed by atoms with Crippen LogP contribution in [0.1, 0.15) is 18.2 Å². The standard InChI is InChI=1S/C20H20N2O2S2/c1-2-24-17-10-8-15(9-11-17)12-19(23)22-20-21-16(14-26-20)13-25-18-6-4-3-5-7-18/h3-11,14H,2,12-13H2,1H3,(H,21,22,23). The van der Waals surface area contributed by atoms with Crippen LogP contribution in [0, 0.1) is 0 Å². The number of anilines is 1. The molecule has 1 N–H and O–H groups in total. The topological polar surface area (TPSA) is 51.2 Å². The monoisotopic (exact) mass is 384 g/mol. The molecule has 0 fully saturated rings. The van der Waals surface area contributed by atoms with Gasteiger partial charge < -0.3 is 10.1 Å². The molecule has 0 atom stereocenters. The number of hydrogen-bond donors (Lipinski definition) is 1. The van der Waals surface area contributed by atoms with Gasteiger partial charge in [0.25, 0.3) is 0 Å². The van der Waals surface area contributed by atoms with Gasteiger partial charge in [0, 0.05) is 16.0 Å². The molecular weight excluding hydrogens is 364 g/mol. The number of thiazole rings is 1. The molecule has 0 saturated heterocycles. The third-order valence-corrected chi connectivity index (χ3v) is 5.38. The van der Waals surface area contributed by atoms with Crippen molar-refractivity contribution in [3.05, 3.63) is 71.2 Å². The Labute approximate surface area is 161 Å². The Morgan fingerprint density at radius 1 is 1.15 bits per heavy atom. The third kappa shape index (κ3) is 5.61. The third-order valence-electron chi connectivity index (χ3n) is 3.53. The first-order chi connectivity index (χ1) is 12.7. The van der Waals surface area contributed by atoms with Crippen molar-refractivity contribution >= 4 is 34.1 Å². The summed E-state index contributed by atoms with van der Waals surface area (Å²) in [6, 6.07) is 17.8. The molecule has 6 heteroatoms. The maximum Gasteiger partial charge on any atom is 0.230 e. The number of thioether (sulfide) groups is 1. The Morgan fingerprint density at radius 3 is 2.65 bits per heavy atom. The fourth-order valence-corrected chi connectivity index (χ4v) is 3.97. The molecule has 1 amide bonds. The van der Waals surface area contributed by atoms with Crippen LogP contribution >= 0.6 is 23.1 Å². The summed E-state index contributed by atoms with van der Waals surface area (Å²) in [7, 11) is 0. The molecule has 0 saturated carbocycles. The van der Waals surface area contributed by atoms with E-state index in [0.29, 0.717) is 18.2 Å². The zero-order valence-corrected chi connectivity index (χ0v) is 16.1. The van der Waals surface area contributed by atoms with E-state index in [2.05, 4.69) is 22.4 Å². The van der Waals surface area contributed by atoms with Crippen molar-refractivity contribution in [3.63, 3.8) is 0 Å². The van der Waals surface area contributed by atoms with E-state index in [1.54, 1.807) is 11.8 Å². The molecule has 3 rings (SSSR count). The second-order valence-electron chi connectivity index (χ2n) is 5.55. The number of nitrogens with zero attached hydrogens (tertiary/aromatic N) is 1. The van der Waals surface area contributed by atoms with Crippen LogP contribution in [0.5, 0.6) is 5.75 Å². The van der Waals surface area contributed by atoms with Crippen LogP contribution in [0.15, 0.2) is 64.9 Å². The van der Waals surface area contributed by atoms with Gasteiger partial charge in [-0.2, -0.15) is 0 Å². The van der Waals surface area contributed by atoms with Crippen LogP contribution in [0.25, 0.3) is 0 Å². The number of aromatic nitrogens is 1. The number of rotatable bonds is 8. The highest BCUT2D eigenvalue weighted by Gasteiger charge is 2.08. The molecule has 0 aliphatic rings. The molecule has 0 spiro atoms. The Morgan fingerprint density at radius 2 is 1.92 bits per heavy atom. The van der Waals surface area contributed by atoms with E-state index in [-0.39, 0.29) is 5.91 Å². The second kappa shape index (κ2) is 9.40. The summed E-state index contributed by atoms with van der Waals surface area (Å²) in [4.78, 5) is 17.9. The summed E-state index contributed by atoms with van der Waals surface area (Å²) < 4.78 is 5.41. The number of amides is 1. The molecule has 3 aromatic rings. The molecule has 0 radical (unpaired) electrons. The van der Waals surface area contributed by atoms with Gasteiger partial charge in [-0.15, -0.1) is 23.1 Å².